The number of ether oxygens (including phenoxy) is 1. The molecule has 1 saturated carbocycles. The molecule has 1 saturated heterocycles. The van der Waals surface area contributed by atoms with Crippen molar-refractivity contribution in [3.05, 3.63) is 122 Å². The lowest BCUT2D eigenvalue weighted by atomic mass is 9.79. The Morgan fingerprint density at radius 2 is 1.76 bits per heavy atom. The van der Waals surface area contributed by atoms with Gasteiger partial charge in [-0.05, 0) is 97.9 Å². The van der Waals surface area contributed by atoms with Crippen LogP contribution in [0.15, 0.2) is 93.7 Å². The predicted molar refractivity (Wildman–Crippen MR) is 181 cm³/mol. The Kier molecular flexibility index (Phi) is 10.4. The molecule has 0 bridgehead atoms. The van der Waals surface area contributed by atoms with E-state index in [1.165, 1.54) is 22.8 Å². The third-order valence-corrected chi connectivity index (χ3v) is 9.44. The van der Waals surface area contributed by atoms with E-state index in [-0.39, 0.29) is 22.6 Å². The number of nitrogens with one attached hydrogen (secondary N) is 1. The fourth-order valence-electron chi connectivity index (χ4n) is 6.77. The smallest absolute Gasteiger partial charge is 0.451 e. The molecule has 0 unspecified atom stereocenters. The van der Waals surface area contributed by atoms with E-state index >= 15 is 0 Å². The topological polar surface area (TPSA) is 88.9 Å². The molecule has 4 aromatic rings. The number of alkyl halides is 3. The van der Waals surface area contributed by atoms with Crippen molar-refractivity contribution in [2.45, 2.75) is 76.2 Å². The lowest BCUT2D eigenvalue weighted by Gasteiger charge is -2.31. The number of allylic oxidation sites excluding steroid dienone is 1. The van der Waals surface area contributed by atoms with Crippen molar-refractivity contribution in [2.75, 3.05) is 6.54 Å². The summed E-state index contributed by atoms with van der Waals surface area (Å²) in [5.41, 5.74) is 3.92. The van der Waals surface area contributed by atoms with E-state index in [9.17, 15) is 27.6 Å². The number of likely N-dealkylation sites (tertiary alicyclic amines) is 1. The first-order valence-corrected chi connectivity index (χ1v) is 16.8. The summed E-state index contributed by atoms with van der Waals surface area (Å²) < 4.78 is 47.6. The monoisotopic (exact) mass is 692 g/mol. The molecule has 1 aromatic heterocycles. The van der Waals surface area contributed by atoms with Gasteiger partial charge in [-0.1, -0.05) is 59.6 Å². The van der Waals surface area contributed by atoms with Gasteiger partial charge in [-0.25, -0.2) is 0 Å². The summed E-state index contributed by atoms with van der Waals surface area (Å²) in [7, 11) is 0. The fourth-order valence-corrected chi connectivity index (χ4v) is 6.90. The van der Waals surface area contributed by atoms with E-state index in [1.807, 2.05) is 23.1 Å². The molecular weight excluding hydrogens is 657 g/mol. The highest BCUT2D eigenvalue weighted by atomic mass is 35.5. The molecule has 0 spiro atoms. The van der Waals surface area contributed by atoms with Gasteiger partial charge in [0.2, 0.25) is 5.91 Å². The van der Waals surface area contributed by atoms with Crippen LogP contribution in [0.4, 0.5) is 13.2 Å². The SMILES string of the molecule is O=C(N[C@@H](C=C1CCC(c2ccccc2CN2CCCCC2=O)CC1)Cc1ccc(Cl)cc1)c1cc(=O)c2cc(OC(F)(F)F)ccc2o1. The molecule has 3 aromatic carbocycles. The minimum atomic E-state index is -4.92. The van der Waals surface area contributed by atoms with E-state index in [0.717, 1.165) is 68.8 Å². The van der Waals surface area contributed by atoms with Gasteiger partial charge in [0, 0.05) is 30.6 Å². The molecule has 1 N–H and O–H groups in total. The Hall–Kier alpha value is -4.57. The van der Waals surface area contributed by atoms with Gasteiger partial charge in [-0.15, -0.1) is 13.2 Å². The summed E-state index contributed by atoms with van der Waals surface area (Å²) >= 11 is 6.10. The van der Waals surface area contributed by atoms with Gasteiger partial charge in [-0.2, -0.15) is 0 Å². The van der Waals surface area contributed by atoms with Crippen molar-refractivity contribution in [3.8, 4) is 5.75 Å². The molecule has 1 aliphatic heterocycles. The maximum Gasteiger partial charge on any atom is 0.573 e. The van der Waals surface area contributed by atoms with Crippen LogP contribution in [0.5, 0.6) is 5.75 Å². The lowest BCUT2D eigenvalue weighted by Crippen LogP contribution is -2.36. The maximum absolute atomic E-state index is 13.5. The first-order chi connectivity index (χ1) is 23.5. The number of hydrogen-bond donors (Lipinski definition) is 1. The highest BCUT2D eigenvalue weighted by Gasteiger charge is 2.31. The van der Waals surface area contributed by atoms with Gasteiger partial charge in [0.1, 0.15) is 11.3 Å². The number of benzene rings is 3. The third-order valence-electron chi connectivity index (χ3n) is 9.18. The summed E-state index contributed by atoms with van der Waals surface area (Å²) in [5.74, 6) is -0.869. The first-order valence-electron chi connectivity index (χ1n) is 16.4. The van der Waals surface area contributed by atoms with Crippen LogP contribution in [0.25, 0.3) is 11.0 Å². The zero-order chi connectivity index (χ0) is 34.5. The second-order valence-electron chi connectivity index (χ2n) is 12.7. The van der Waals surface area contributed by atoms with E-state index < -0.39 is 29.5 Å². The molecular formula is C38H36ClF3N2O5. The minimum Gasteiger partial charge on any atom is -0.451 e. The van der Waals surface area contributed by atoms with Gasteiger partial charge < -0.3 is 19.4 Å². The van der Waals surface area contributed by atoms with Crippen LogP contribution in [0.1, 0.15) is 78.1 Å². The molecule has 11 heteroatoms. The Morgan fingerprint density at radius 3 is 2.49 bits per heavy atom. The summed E-state index contributed by atoms with van der Waals surface area (Å²) in [6.45, 7) is 1.43. The number of piperidine rings is 1. The molecule has 6 rings (SSSR count). The van der Waals surface area contributed by atoms with Crippen molar-refractivity contribution in [2.24, 2.45) is 0 Å². The van der Waals surface area contributed by atoms with Gasteiger partial charge >= 0.3 is 6.36 Å². The number of carbonyl (C=O) groups excluding carboxylic acids is 2. The van der Waals surface area contributed by atoms with Crippen LogP contribution in [-0.2, 0) is 17.8 Å². The summed E-state index contributed by atoms with van der Waals surface area (Å²) in [4.78, 5) is 40.8. The highest BCUT2D eigenvalue weighted by Crippen LogP contribution is 2.38. The van der Waals surface area contributed by atoms with Gasteiger partial charge in [-0.3, -0.25) is 14.4 Å². The summed E-state index contributed by atoms with van der Waals surface area (Å²) in [6.07, 6.45) is 3.74. The van der Waals surface area contributed by atoms with Crippen molar-refractivity contribution in [1.29, 1.82) is 0 Å². The second-order valence-corrected chi connectivity index (χ2v) is 13.1. The fraction of sp³-hybridized carbons (Fsp3) is 0.342. The molecule has 256 valence electrons. The highest BCUT2D eigenvalue weighted by molar-refractivity contribution is 6.30. The van der Waals surface area contributed by atoms with Gasteiger partial charge in [0.15, 0.2) is 11.2 Å². The molecule has 7 nitrogen and oxygen atoms in total. The second kappa shape index (κ2) is 14.9. The molecule has 1 atom stereocenters. The van der Waals surface area contributed by atoms with Crippen LogP contribution in [0.2, 0.25) is 5.02 Å². The van der Waals surface area contributed by atoms with Gasteiger partial charge in [0.25, 0.3) is 5.91 Å². The van der Waals surface area contributed by atoms with Gasteiger partial charge in [0.05, 0.1) is 11.4 Å². The molecule has 2 heterocycles. The van der Waals surface area contributed by atoms with Crippen molar-refractivity contribution in [1.82, 2.24) is 10.2 Å². The van der Waals surface area contributed by atoms with E-state index in [1.54, 1.807) is 12.1 Å². The van der Waals surface area contributed by atoms with Crippen molar-refractivity contribution in [3.63, 3.8) is 0 Å². The van der Waals surface area contributed by atoms with E-state index in [0.29, 0.717) is 30.3 Å². The summed E-state index contributed by atoms with van der Waals surface area (Å²) in [6, 6.07) is 19.4. The lowest BCUT2D eigenvalue weighted by molar-refractivity contribution is -0.274. The molecule has 2 aliphatic rings. The maximum atomic E-state index is 13.5. The molecule has 2 fully saturated rings. The minimum absolute atomic E-state index is 0.0389. The third kappa shape index (κ3) is 8.92. The number of carbonyl (C=O) groups is 2. The molecule has 1 aliphatic carbocycles. The summed E-state index contributed by atoms with van der Waals surface area (Å²) in [5, 5.41) is 3.44. The quantitative estimate of drug-likeness (QED) is 0.178. The van der Waals surface area contributed by atoms with Crippen LogP contribution >= 0.6 is 11.6 Å². The Balaban J connectivity index is 1.18. The number of nitrogens with zero attached hydrogens (tertiary/aromatic N) is 1. The van der Waals surface area contributed by atoms with Crippen molar-refractivity contribution < 1.29 is 31.9 Å². The average Bonchev–Trinajstić information content (AvgIpc) is 3.07. The number of rotatable bonds is 9. The Labute approximate surface area is 286 Å². The van der Waals surface area contributed by atoms with E-state index in [4.69, 9.17) is 16.0 Å². The van der Waals surface area contributed by atoms with Crippen LogP contribution in [0, 0.1) is 0 Å². The molecule has 49 heavy (non-hydrogen) atoms. The van der Waals surface area contributed by atoms with Crippen LogP contribution < -0.4 is 15.5 Å². The first kappa shape index (κ1) is 34.3. The molecule has 2 amide bonds. The average molecular weight is 693 g/mol. The predicted octanol–water partition coefficient (Wildman–Crippen LogP) is 8.48. The normalized spacial score (nSPS) is 17.6. The van der Waals surface area contributed by atoms with Crippen LogP contribution in [-0.4, -0.2) is 35.7 Å². The van der Waals surface area contributed by atoms with Crippen LogP contribution in [0.3, 0.4) is 0 Å². The van der Waals surface area contributed by atoms with Crippen molar-refractivity contribution >= 4 is 34.4 Å². The molecule has 0 radical (unpaired) electrons. The number of halogens is 4. The largest absolute Gasteiger partial charge is 0.573 e. The number of amides is 2. The standard InChI is InChI=1S/C38H36ClF3N2O5/c39-28-14-10-25(11-15-28)20-29(43-37(47)35-22-33(45)32-21-30(49-38(40,41)42)16-17-34(32)48-35)19-24-8-12-26(13-9-24)31-6-2-1-5-27(31)23-44-18-4-3-7-36(44)46/h1-2,5-6,10-11,14-17,19,21-22,26,29H,3-4,7-9,12-13,18,20,23H2,(H,43,47)/t26?,29-/m0/s1. The van der Waals surface area contributed by atoms with E-state index in [2.05, 4.69) is 34.3 Å². The Bertz CT molecular complexity index is 1910. The number of fused-ring (bicyclic) bond motifs is 1. The Morgan fingerprint density at radius 1 is 1.00 bits per heavy atom. The zero-order valence-electron chi connectivity index (χ0n) is 26.7. The zero-order valence-corrected chi connectivity index (χ0v) is 27.5. The number of hydrogen-bond acceptors (Lipinski definition) is 5.